The smallest absolute Gasteiger partial charge is 0.287 e. The lowest BCUT2D eigenvalue weighted by Crippen LogP contribution is -2.06. The molecule has 2 N–H and O–H groups in total. The van der Waals surface area contributed by atoms with Gasteiger partial charge in [-0.2, -0.15) is 10.4 Å². The Kier molecular flexibility index (Phi) is 3.43. The molecule has 0 fully saturated rings. The Labute approximate surface area is 109 Å². The van der Waals surface area contributed by atoms with E-state index in [1.54, 1.807) is 18.5 Å². The van der Waals surface area contributed by atoms with Crippen LogP contribution in [0.4, 0.5) is 11.4 Å². The SMILES string of the molecule is CC(Nc1ccc([N+](=O)[O-])c(C#N)c1)c1cn[nH]c1. The summed E-state index contributed by atoms with van der Waals surface area (Å²) in [6.45, 7) is 1.93. The molecule has 0 saturated carbocycles. The van der Waals surface area contributed by atoms with Crippen LogP contribution in [0.15, 0.2) is 30.6 Å². The topological polar surface area (TPSA) is 108 Å². The van der Waals surface area contributed by atoms with Crippen molar-refractivity contribution < 1.29 is 4.92 Å². The Balaban J connectivity index is 2.23. The molecule has 7 heteroatoms. The third kappa shape index (κ3) is 2.69. The fraction of sp³-hybridized carbons (Fsp3) is 0.167. The highest BCUT2D eigenvalue weighted by molar-refractivity contribution is 5.59. The third-order valence-electron chi connectivity index (χ3n) is 2.72. The highest BCUT2D eigenvalue weighted by Crippen LogP contribution is 2.24. The summed E-state index contributed by atoms with van der Waals surface area (Å²) in [4.78, 5) is 10.2. The van der Waals surface area contributed by atoms with E-state index >= 15 is 0 Å². The molecule has 0 spiro atoms. The second kappa shape index (κ2) is 5.18. The molecule has 19 heavy (non-hydrogen) atoms. The highest BCUT2D eigenvalue weighted by atomic mass is 16.6. The Morgan fingerprint density at radius 3 is 2.95 bits per heavy atom. The maximum atomic E-state index is 10.7. The van der Waals surface area contributed by atoms with Gasteiger partial charge in [-0.25, -0.2) is 0 Å². The first-order valence-electron chi connectivity index (χ1n) is 5.55. The van der Waals surface area contributed by atoms with Crippen molar-refractivity contribution in [2.24, 2.45) is 0 Å². The number of rotatable bonds is 4. The van der Waals surface area contributed by atoms with Crippen LogP contribution in [-0.4, -0.2) is 15.1 Å². The number of aromatic nitrogens is 2. The van der Waals surface area contributed by atoms with Crippen LogP contribution >= 0.6 is 0 Å². The van der Waals surface area contributed by atoms with Crippen molar-refractivity contribution in [2.45, 2.75) is 13.0 Å². The van der Waals surface area contributed by atoms with Crippen LogP contribution in [0.2, 0.25) is 0 Å². The average molecular weight is 257 g/mol. The zero-order valence-corrected chi connectivity index (χ0v) is 10.1. The molecule has 0 radical (unpaired) electrons. The molecule has 1 unspecified atom stereocenters. The van der Waals surface area contributed by atoms with Gasteiger partial charge in [0.05, 0.1) is 17.2 Å². The Morgan fingerprint density at radius 2 is 2.37 bits per heavy atom. The van der Waals surface area contributed by atoms with Crippen molar-refractivity contribution in [2.75, 3.05) is 5.32 Å². The minimum absolute atomic E-state index is 0.0215. The zero-order chi connectivity index (χ0) is 13.8. The molecule has 1 aromatic heterocycles. The number of nitrogens with one attached hydrogen (secondary N) is 2. The van der Waals surface area contributed by atoms with Gasteiger partial charge in [-0.15, -0.1) is 0 Å². The summed E-state index contributed by atoms with van der Waals surface area (Å²) < 4.78 is 0. The third-order valence-corrected chi connectivity index (χ3v) is 2.72. The van der Waals surface area contributed by atoms with Crippen LogP contribution in [0.5, 0.6) is 0 Å². The fourth-order valence-corrected chi connectivity index (χ4v) is 1.71. The maximum absolute atomic E-state index is 10.7. The van der Waals surface area contributed by atoms with Gasteiger partial charge in [0.2, 0.25) is 0 Å². The van der Waals surface area contributed by atoms with Crippen LogP contribution in [0.25, 0.3) is 0 Å². The van der Waals surface area contributed by atoms with Crippen molar-refractivity contribution in [3.8, 4) is 6.07 Å². The molecule has 2 aromatic rings. The number of anilines is 1. The maximum Gasteiger partial charge on any atom is 0.287 e. The van der Waals surface area contributed by atoms with Crippen LogP contribution in [0.1, 0.15) is 24.1 Å². The lowest BCUT2D eigenvalue weighted by atomic mass is 10.1. The molecule has 7 nitrogen and oxygen atoms in total. The second-order valence-corrected chi connectivity index (χ2v) is 4.00. The highest BCUT2D eigenvalue weighted by Gasteiger charge is 2.14. The van der Waals surface area contributed by atoms with E-state index in [9.17, 15) is 10.1 Å². The minimum Gasteiger partial charge on any atom is -0.378 e. The fourth-order valence-electron chi connectivity index (χ4n) is 1.71. The summed E-state index contributed by atoms with van der Waals surface area (Å²) in [6, 6.07) is 6.17. The molecule has 0 amide bonds. The number of benzene rings is 1. The summed E-state index contributed by atoms with van der Waals surface area (Å²) in [5.41, 5.74) is 1.45. The number of nitro benzene ring substituents is 1. The van der Waals surface area contributed by atoms with Gasteiger partial charge in [-0.1, -0.05) is 0 Å². The number of nitriles is 1. The van der Waals surface area contributed by atoms with Crippen molar-refractivity contribution in [1.82, 2.24) is 10.2 Å². The van der Waals surface area contributed by atoms with Crippen LogP contribution < -0.4 is 5.32 Å². The quantitative estimate of drug-likeness (QED) is 0.645. The molecular formula is C12H11N5O2. The Morgan fingerprint density at radius 1 is 1.58 bits per heavy atom. The molecule has 0 bridgehead atoms. The Bertz CT molecular complexity index is 630. The van der Waals surface area contributed by atoms with Gasteiger partial charge in [0, 0.05) is 23.5 Å². The first-order valence-corrected chi connectivity index (χ1v) is 5.55. The normalized spacial score (nSPS) is 11.6. The van der Waals surface area contributed by atoms with E-state index in [1.165, 1.54) is 12.1 Å². The lowest BCUT2D eigenvalue weighted by molar-refractivity contribution is -0.385. The summed E-state index contributed by atoms with van der Waals surface area (Å²) in [6.07, 6.45) is 3.45. The summed E-state index contributed by atoms with van der Waals surface area (Å²) in [5, 5.41) is 29.3. The van der Waals surface area contributed by atoms with Crippen molar-refractivity contribution >= 4 is 11.4 Å². The first-order chi connectivity index (χ1) is 9.11. The number of nitrogens with zero attached hydrogens (tertiary/aromatic N) is 3. The minimum atomic E-state index is -0.568. The van der Waals surface area contributed by atoms with Gasteiger partial charge in [-0.05, 0) is 19.1 Å². The van der Waals surface area contributed by atoms with E-state index < -0.39 is 4.92 Å². The standard InChI is InChI=1S/C12H11N5O2/c1-8(10-6-14-15-7-10)16-11-2-3-12(17(18)19)9(4-11)5-13/h2-4,6-8,16H,1H3,(H,14,15). The molecule has 1 aromatic carbocycles. The van der Waals surface area contributed by atoms with E-state index in [0.717, 1.165) is 5.56 Å². The second-order valence-electron chi connectivity index (χ2n) is 4.00. The largest absolute Gasteiger partial charge is 0.378 e. The van der Waals surface area contributed by atoms with E-state index in [-0.39, 0.29) is 17.3 Å². The van der Waals surface area contributed by atoms with Gasteiger partial charge in [0.25, 0.3) is 5.69 Å². The van der Waals surface area contributed by atoms with Crippen molar-refractivity contribution in [3.63, 3.8) is 0 Å². The predicted octanol–water partition coefficient (Wildman–Crippen LogP) is 2.36. The van der Waals surface area contributed by atoms with E-state index in [1.807, 2.05) is 13.0 Å². The van der Waals surface area contributed by atoms with Gasteiger partial charge in [0.15, 0.2) is 0 Å². The van der Waals surface area contributed by atoms with Gasteiger partial charge in [-0.3, -0.25) is 15.2 Å². The van der Waals surface area contributed by atoms with Crippen molar-refractivity contribution in [1.29, 1.82) is 5.26 Å². The number of nitro groups is 1. The first kappa shape index (κ1) is 12.6. The molecule has 0 aliphatic rings. The molecular weight excluding hydrogens is 246 g/mol. The van der Waals surface area contributed by atoms with Gasteiger partial charge < -0.3 is 5.32 Å². The Hall–Kier alpha value is -2.88. The summed E-state index contributed by atoms with van der Waals surface area (Å²) in [5.74, 6) is 0. The van der Waals surface area contributed by atoms with Crippen LogP contribution in [-0.2, 0) is 0 Å². The number of hydrogen-bond acceptors (Lipinski definition) is 5. The number of H-pyrrole nitrogens is 1. The van der Waals surface area contributed by atoms with E-state index in [0.29, 0.717) is 5.69 Å². The van der Waals surface area contributed by atoms with E-state index in [2.05, 4.69) is 15.5 Å². The summed E-state index contributed by atoms with van der Waals surface area (Å²) >= 11 is 0. The lowest BCUT2D eigenvalue weighted by Gasteiger charge is -2.13. The molecule has 1 atom stereocenters. The molecule has 1 heterocycles. The molecule has 0 aliphatic heterocycles. The molecule has 0 aliphatic carbocycles. The van der Waals surface area contributed by atoms with Gasteiger partial charge in [0.1, 0.15) is 11.6 Å². The zero-order valence-electron chi connectivity index (χ0n) is 10.1. The monoisotopic (exact) mass is 257 g/mol. The summed E-state index contributed by atoms with van der Waals surface area (Å²) in [7, 11) is 0. The number of hydrogen-bond donors (Lipinski definition) is 2. The molecule has 96 valence electrons. The van der Waals surface area contributed by atoms with Crippen LogP contribution in [0, 0.1) is 21.4 Å². The van der Waals surface area contributed by atoms with Crippen molar-refractivity contribution in [3.05, 3.63) is 51.8 Å². The molecule has 0 saturated heterocycles. The van der Waals surface area contributed by atoms with Crippen LogP contribution in [0.3, 0.4) is 0 Å². The molecule has 2 rings (SSSR count). The van der Waals surface area contributed by atoms with Gasteiger partial charge >= 0.3 is 0 Å². The predicted molar refractivity (Wildman–Crippen MR) is 68.4 cm³/mol. The number of aromatic amines is 1. The average Bonchev–Trinajstić information content (AvgIpc) is 2.92. The van der Waals surface area contributed by atoms with E-state index in [4.69, 9.17) is 5.26 Å².